The quantitative estimate of drug-likeness (QED) is 0.377. The topological polar surface area (TPSA) is 34.9 Å². The lowest BCUT2D eigenvalue weighted by atomic mass is 9.97. The number of hydrogen-bond acceptors (Lipinski definition) is 3. The molecule has 2 heterocycles. The zero-order valence-electron chi connectivity index (χ0n) is 15.7. The predicted molar refractivity (Wildman–Crippen MR) is 119 cm³/mol. The van der Waals surface area contributed by atoms with Crippen molar-refractivity contribution in [1.82, 2.24) is 9.55 Å². The smallest absolute Gasteiger partial charge is 0.263 e. The van der Waals surface area contributed by atoms with Gasteiger partial charge >= 0.3 is 0 Å². The van der Waals surface area contributed by atoms with E-state index in [1.807, 2.05) is 6.92 Å². The van der Waals surface area contributed by atoms with E-state index in [4.69, 9.17) is 23.2 Å². The van der Waals surface area contributed by atoms with Gasteiger partial charge in [-0.25, -0.2) is 4.98 Å². The van der Waals surface area contributed by atoms with Crippen LogP contribution >= 0.6 is 34.5 Å². The van der Waals surface area contributed by atoms with E-state index >= 15 is 0 Å². The molecule has 0 radical (unpaired) electrons. The molecule has 0 aliphatic rings. The molecule has 142 valence electrons. The van der Waals surface area contributed by atoms with Gasteiger partial charge in [-0.15, -0.1) is 11.3 Å². The highest BCUT2D eigenvalue weighted by Crippen LogP contribution is 2.37. The predicted octanol–water partition coefficient (Wildman–Crippen LogP) is 6.41. The van der Waals surface area contributed by atoms with Gasteiger partial charge in [0.1, 0.15) is 4.83 Å². The normalized spacial score (nSPS) is 11.3. The Balaban J connectivity index is 1.95. The Kier molecular flexibility index (Phi) is 5.04. The second kappa shape index (κ2) is 7.36. The maximum Gasteiger partial charge on any atom is 0.263 e. The van der Waals surface area contributed by atoms with E-state index in [0.29, 0.717) is 21.0 Å². The van der Waals surface area contributed by atoms with Gasteiger partial charge in [0.25, 0.3) is 5.56 Å². The largest absolute Gasteiger partial charge is 0.294 e. The molecule has 2 aromatic heterocycles. The zero-order chi connectivity index (χ0) is 20.0. The van der Waals surface area contributed by atoms with E-state index < -0.39 is 0 Å². The van der Waals surface area contributed by atoms with E-state index in [-0.39, 0.29) is 12.1 Å². The summed E-state index contributed by atoms with van der Waals surface area (Å²) in [6, 6.07) is 11.6. The van der Waals surface area contributed by atoms with Crippen molar-refractivity contribution in [2.75, 3.05) is 0 Å². The first-order chi connectivity index (χ1) is 13.4. The summed E-state index contributed by atoms with van der Waals surface area (Å²) in [5.41, 5.74) is 4.98. The monoisotopic (exact) mass is 428 g/mol. The van der Waals surface area contributed by atoms with E-state index in [1.165, 1.54) is 0 Å². The average Bonchev–Trinajstić information content (AvgIpc) is 2.99. The van der Waals surface area contributed by atoms with Crippen molar-refractivity contribution < 1.29 is 0 Å². The Labute approximate surface area is 177 Å². The van der Waals surface area contributed by atoms with Gasteiger partial charge in [0.15, 0.2) is 0 Å². The summed E-state index contributed by atoms with van der Waals surface area (Å²) in [5.74, 6) is 0. The van der Waals surface area contributed by atoms with Gasteiger partial charge < -0.3 is 0 Å². The molecule has 6 heteroatoms. The highest BCUT2D eigenvalue weighted by molar-refractivity contribution is 7.19. The van der Waals surface area contributed by atoms with Crippen molar-refractivity contribution in [2.45, 2.75) is 27.3 Å². The Morgan fingerprint density at radius 1 is 1.07 bits per heavy atom. The summed E-state index contributed by atoms with van der Waals surface area (Å²) in [6.45, 7) is 6.44. The molecule has 0 atom stereocenters. The van der Waals surface area contributed by atoms with Gasteiger partial charge in [-0.2, -0.15) is 0 Å². The third-order valence-corrected chi connectivity index (χ3v) is 6.63. The molecule has 0 N–H and O–H groups in total. The number of halogens is 2. The third-order valence-electron chi connectivity index (χ3n) is 4.91. The second-order valence-electron chi connectivity index (χ2n) is 6.91. The van der Waals surface area contributed by atoms with Crippen LogP contribution in [0.2, 0.25) is 10.0 Å². The van der Waals surface area contributed by atoms with Crippen molar-refractivity contribution in [3.63, 3.8) is 0 Å². The molecule has 2 aromatic carbocycles. The first-order valence-electron chi connectivity index (χ1n) is 8.86. The zero-order valence-corrected chi connectivity index (χ0v) is 18.0. The van der Waals surface area contributed by atoms with Crippen molar-refractivity contribution in [1.29, 1.82) is 0 Å². The summed E-state index contributed by atoms with van der Waals surface area (Å²) in [7, 11) is 0. The number of aromatic nitrogens is 2. The molecule has 0 aliphatic heterocycles. The molecule has 0 aliphatic carbocycles. The number of nitrogens with zero attached hydrogens (tertiary/aromatic N) is 2. The molecule has 3 nitrogen and oxygen atoms in total. The third kappa shape index (κ3) is 3.26. The lowest BCUT2D eigenvalue weighted by molar-refractivity contribution is 0.750. The maximum absolute atomic E-state index is 13.4. The fourth-order valence-corrected chi connectivity index (χ4v) is 4.95. The van der Waals surface area contributed by atoms with Crippen LogP contribution in [0.15, 0.2) is 47.5 Å². The Morgan fingerprint density at radius 2 is 1.79 bits per heavy atom. The number of aryl methyl sites for hydroxylation is 3. The molecule has 0 fully saturated rings. The van der Waals surface area contributed by atoms with Crippen LogP contribution in [0, 0.1) is 20.8 Å². The fraction of sp³-hybridized carbons (Fsp3) is 0.182. The summed E-state index contributed by atoms with van der Waals surface area (Å²) in [6.07, 6.45) is 1.58. The summed E-state index contributed by atoms with van der Waals surface area (Å²) in [5, 5.41) is 1.73. The molecule has 4 aromatic rings. The Hall–Kier alpha value is -2.14. The van der Waals surface area contributed by atoms with E-state index in [2.05, 4.69) is 37.0 Å². The highest BCUT2D eigenvalue weighted by Gasteiger charge is 2.19. The van der Waals surface area contributed by atoms with Crippen LogP contribution in [0.5, 0.6) is 0 Å². The van der Waals surface area contributed by atoms with Crippen molar-refractivity contribution >= 4 is 44.8 Å². The number of benzene rings is 2. The first kappa shape index (κ1) is 19.2. The van der Waals surface area contributed by atoms with Crippen molar-refractivity contribution in [2.24, 2.45) is 0 Å². The van der Waals surface area contributed by atoms with Crippen LogP contribution in [-0.2, 0) is 6.54 Å². The summed E-state index contributed by atoms with van der Waals surface area (Å²) < 4.78 is 1.58. The number of hydrogen-bond donors (Lipinski definition) is 0. The Morgan fingerprint density at radius 3 is 2.50 bits per heavy atom. The number of rotatable bonds is 3. The first-order valence-corrected chi connectivity index (χ1v) is 10.4. The van der Waals surface area contributed by atoms with Crippen molar-refractivity contribution in [3.05, 3.63) is 84.7 Å². The molecular formula is C22H18Cl2N2OS. The molecule has 0 spiro atoms. The number of fused-ring (bicyclic) bond motifs is 1. The second-order valence-corrected chi connectivity index (χ2v) is 8.93. The minimum absolute atomic E-state index is 0.0822. The van der Waals surface area contributed by atoms with E-state index in [1.54, 1.807) is 40.4 Å². The molecule has 0 saturated heterocycles. The van der Waals surface area contributed by atoms with Gasteiger partial charge in [0, 0.05) is 26.0 Å². The van der Waals surface area contributed by atoms with Gasteiger partial charge in [0.2, 0.25) is 0 Å². The SMILES string of the molecule is Cc1ccc(C)c(-c2c(C)sc3ncn(Cc4c(Cl)cccc4Cl)c(=O)c23)c1. The molecule has 0 bridgehead atoms. The van der Waals surface area contributed by atoms with Crippen LogP contribution in [0.25, 0.3) is 21.3 Å². The van der Waals surface area contributed by atoms with Gasteiger partial charge in [-0.3, -0.25) is 9.36 Å². The molecule has 0 saturated carbocycles. The molecule has 4 rings (SSSR count). The van der Waals surface area contributed by atoms with Crippen LogP contribution < -0.4 is 5.56 Å². The highest BCUT2D eigenvalue weighted by atomic mass is 35.5. The molecular weight excluding hydrogens is 411 g/mol. The Bertz CT molecular complexity index is 1250. The van der Waals surface area contributed by atoms with Crippen LogP contribution in [0.3, 0.4) is 0 Å². The fourth-order valence-electron chi connectivity index (χ4n) is 3.43. The lowest BCUT2D eigenvalue weighted by Gasteiger charge is -2.11. The molecule has 0 amide bonds. The van der Waals surface area contributed by atoms with E-state index in [0.717, 1.165) is 32.0 Å². The van der Waals surface area contributed by atoms with Crippen LogP contribution in [0.4, 0.5) is 0 Å². The maximum atomic E-state index is 13.4. The van der Waals surface area contributed by atoms with Gasteiger partial charge in [-0.1, -0.05) is 53.0 Å². The lowest BCUT2D eigenvalue weighted by Crippen LogP contribution is -2.21. The minimum Gasteiger partial charge on any atom is -0.294 e. The number of thiophene rings is 1. The molecule has 0 unspecified atom stereocenters. The molecule has 28 heavy (non-hydrogen) atoms. The van der Waals surface area contributed by atoms with Crippen molar-refractivity contribution in [3.8, 4) is 11.1 Å². The van der Waals surface area contributed by atoms with Crippen LogP contribution in [-0.4, -0.2) is 9.55 Å². The van der Waals surface area contributed by atoms with Gasteiger partial charge in [0.05, 0.1) is 18.3 Å². The van der Waals surface area contributed by atoms with E-state index in [9.17, 15) is 4.79 Å². The van der Waals surface area contributed by atoms with Crippen LogP contribution in [0.1, 0.15) is 21.6 Å². The minimum atomic E-state index is -0.0822. The van der Waals surface area contributed by atoms with Gasteiger partial charge in [-0.05, 0) is 44.0 Å². The average molecular weight is 429 g/mol. The standard InChI is InChI=1S/C22H18Cl2N2OS/c1-12-7-8-13(2)15(9-12)19-14(3)28-21-20(19)22(27)26(11-25-21)10-16-17(23)5-4-6-18(16)24/h4-9,11H,10H2,1-3H3. The summed E-state index contributed by atoms with van der Waals surface area (Å²) in [4.78, 5) is 19.8. The summed E-state index contributed by atoms with van der Waals surface area (Å²) >= 11 is 14.1.